The molecular formula is C19H18BrN3O3S2. The third-order valence-electron chi connectivity index (χ3n) is 4.71. The molecule has 1 aromatic carbocycles. The zero-order chi connectivity index (χ0) is 19.9. The van der Waals surface area contributed by atoms with Gasteiger partial charge in [-0.1, -0.05) is 22.0 Å². The third kappa shape index (κ3) is 3.92. The van der Waals surface area contributed by atoms with E-state index in [1.807, 2.05) is 42.6 Å². The summed E-state index contributed by atoms with van der Waals surface area (Å²) < 4.78 is 26.5. The first-order valence-electron chi connectivity index (χ1n) is 8.74. The number of sulfone groups is 1. The van der Waals surface area contributed by atoms with Crippen molar-refractivity contribution in [2.75, 3.05) is 16.8 Å². The summed E-state index contributed by atoms with van der Waals surface area (Å²) in [5.74, 6) is -0.111. The van der Waals surface area contributed by atoms with Crippen LogP contribution < -0.4 is 5.32 Å². The smallest absolute Gasteiger partial charge is 0.276 e. The Morgan fingerprint density at radius 3 is 2.79 bits per heavy atom. The van der Waals surface area contributed by atoms with Crippen LogP contribution in [0.25, 0.3) is 10.6 Å². The molecule has 0 spiro atoms. The van der Waals surface area contributed by atoms with Gasteiger partial charge in [-0.05, 0) is 54.6 Å². The van der Waals surface area contributed by atoms with Crippen molar-refractivity contribution in [3.8, 4) is 10.6 Å². The number of aromatic nitrogens is 2. The second-order valence-electron chi connectivity index (χ2n) is 6.81. The van der Waals surface area contributed by atoms with Crippen molar-refractivity contribution in [1.29, 1.82) is 0 Å². The number of hydrogen-bond acceptors (Lipinski definition) is 5. The van der Waals surface area contributed by atoms with Crippen LogP contribution in [0.1, 0.15) is 28.5 Å². The topological polar surface area (TPSA) is 81.1 Å². The molecule has 1 saturated heterocycles. The van der Waals surface area contributed by atoms with E-state index in [1.165, 1.54) is 11.3 Å². The summed E-state index contributed by atoms with van der Waals surface area (Å²) in [5, 5.41) is 9.30. The molecule has 9 heteroatoms. The number of nitrogens with one attached hydrogen (secondary N) is 1. The summed E-state index contributed by atoms with van der Waals surface area (Å²) in [4.78, 5) is 13.7. The van der Waals surface area contributed by atoms with Crippen molar-refractivity contribution >= 4 is 48.7 Å². The van der Waals surface area contributed by atoms with Gasteiger partial charge in [0.05, 0.1) is 28.1 Å². The maximum atomic E-state index is 12.8. The average molecular weight is 480 g/mol. The number of carbonyl (C=O) groups is 1. The Morgan fingerprint density at radius 2 is 2.14 bits per heavy atom. The van der Waals surface area contributed by atoms with Gasteiger partial charge in [0.25, 0.3) is 5.91 Å². The summed E-state index contributed by atoms with van der Waals surface area (Å²) in [6.45, 7) is 1.95. The number of rotatable bonds is 4. The van der Waals surface area contributed by atoms with Gasteiger partial charge in [0.1, 0.15) is 0 Å². The van der Waals surface area contributed by atoms with Gasteiger partial charge in [-0.25, -0.2) is 8.42 Å². The molecule has 1 fully saturated rings. The molecule has 1 atom stereocenters. The fourth-order valence-corrected chi connectivity index (χ4v) is 5.95. The Morgan fingerprint density at radius 1 is 1.32 bits per heavy atom. The highest BCUT2D eigenvalue weighted by Gasteiger charge is 2.32. The standard InChI is InChI=1S/C19H18BrN3O3S2/c1-12-9-13(4-5-15(12)20)21-19(24)16-10-17(18-3-2-7-27-18)23(22-16)14-6-8-28(25,26)11-14/h2-5,7,9-10,14H,6,8,11H2,1H3,(H,21,24)/t14-/m1/s1. The maximum absolute atomic E-state index is 12.8. The van der Waals surface area contributed by atoms with E-state index in [4.69, 9.17) is 0 Å². The molecule has 0 saturated carbocycles. The van der Waals surface area contributed by atoms with Crippen LogP contribution in [0.3, 0.4) is 0 Å². The maximum Gasteiger partial charge on any atom is 0.276 e. The number of halogens is 1. The molecule has 0 aliphatic carbocycles. The van der Waals surface area contributed by atoms with Crippen LogP contribution in [-0.2, 0) is 9.84 Å². The number of aryl methyl sites for hydroxylation is 1. The lowest BCUT2D eigenvalue weighted by Gasteiger charge is -2.12. The molecule has 1 amide bonds. The first-order chi connectivity index (χ1) is 13.3. The van der Waals surface area contributed by atoms with E-state index < -0.39 is 9.84 Å². The van der Waals surface area contributed by atoms with Gasteiger partial charge in [-0.3, -0.25) is 9.48 Å². The molecule has 6 nitrogen and oxygen atoms in total. The minimum Gasteiger partial charge on any atom is -0.321 e. The molecule has 28 heavy (non-hydrogen) atoms. The number of thiophene rings is 1. The molecule has 4 rings (SSSR count). The van der Waals surface area contributed by atoms with Crippen LogP contribution in [0.5, 0.6) is 0 Å². The minimum absolute atomic E-state index is 0.0556. The Bertz CT molecular complexity index is 1140. The largest absolute Gasteiger partial charge is 0.321 e. The molecule has 1 aliphatic rings. The lowest BCUT2D eigenvalue weighted by Crippen LogP contribution is -2.16. The van der Waals surface area contributed by atoms with E-state index in [2.05, 4.69) is 26.3 Å². The summed E-state index contributed by atoms with van der Waals surface area (Å²) >= 11 is 4.98. The summed E-state index contributed by atoms with van der Waals surface area (Å²) in [6.07, 6.45) is 0.509. The number of nitrogens with zero attached hydrogens (tertiary/aromatic N) is 2. The van der Waals surface area contributed by atoms with Crippen molar-refractivity contribution < 1.29 is 13.2 Å². The normalized spacial score (nSPS) is 18.3. The van der Waals surface area contributed by atoms with E-state index >= 15 is 0 Å². The van der Waals surface area contributed by atoms with Crippen molar-refractivity contribution in [2.24, 2.45) is 0 Å². The van der Waals surface area contributed by atoms with E-state index in [1.54, 1.807) is 10.7 Å². The van der Waals surface area contributed by atoms with E-state index in [0.717, 1.165) is 20.6 Å². The Labute approximate surface area is 175 Å². The Kier molecular flexibility index (Phi) is 5.15. The van der Waals surface area contributed by atoms with Crippen LogP contribution in [0.2, 0.25) is 0 Å². The molecule has 0 unspecified atom stereocenters. The second-order valence-corrected chi connectivity index (χ2v) is 10.8. The average Bonchev–Trinajstić information content (AvgIpc) is 3.36. The lowest BCUT2D eigenvalue weighted by atomic mass is 10.2. The molecule has 1 N–H and O–H groups in total. The van der Waals surface area contributed by atoms with Gasteiger partial charge < -0.3 is 5.32 Å². The lowest BCUT2D eigenvalue weighted by molar-refractivity contribution is 0.102. The van der Waals surface area contributed by atoms with E-state index in [9.17, 15) is 13.2 Å². The first-order valence-corrected chi connectivity index (χ1v) is 12.2. The predicted octanol–water partition coefficient (Wildman–Crippen LogP) is 4.29. The van der Waals surface area contributed by atoms with Gasteiger partial charge >= 0.3 is 0 Å². The summed E-state index contributed by atoms with van der Waals surface area (Å²) in [5.41, 5.74) is 2.74. The third-order valence-corrected chi connectivity index (χ3v) is 8.24. The molecule has 146 valence electrons. The molecule has 1 aliphatic heterocycles. The van der Waals surface area contributed by atoms with Crippen LogP contribution in [0.4, 0.5) is 5.69 Å². The molecule has 0 radical (unpaired) electrons. The Balaban J connectivity index is 1.67. The first kappa shape index (κ1) is 19.4. The summed E-state index contributed by atoms with van der Waals surface area (Å²) in [6, 6.07) is 10.9. The number of carbonyl (C=O) groups excluding carboxylic acids is 1. The van der Waals surface area contributed by atoms with Gasteiger partial charge in [0, 0.05) is 10.2 Å². The van der Waals surface area contributed by atoms with Gasteiger partial charge in [-0.15, -0.1) is 11.3 Å². The fourth-order valence-electron chi connectivity index (χ4n) is 3.28. The zero-order valence-electron chi connectivity index (χ0n) is 15.1. The van der Waals surface area contributed by atoms with Crippen LogP contribution >= 0.6 is 27.3 Å². The van der Waals surface area contributed by atoms with E-state index in [0.29, 0.717) is 12.1 Å². The highest BCUT2D eigenvalue weighted by Crippen LogP contribution is 2.32. The number of benzene rings is 1. The quantitative estimate of drug-likeness (QED) is 0.604. The van der Waals surface area contributed by atoms with E-state index in [-0.39, 0.29) is 29.1 Å². The van der Waals surface area contributed by atoms with Crippen molar-refractivity contribution in [1.82, 2.24) is 9.78 Å². The molecule has 2 aromatic heterocycles. The zero-order valence-corrected chi connectivity index (χ0v) is 18.3. The number of anilines is 1. The molecular weight excluding hydrogens is 462 g/mol. The van der Waals surface area contributed by atoms with Gasteiger partial charge in [0.2, 0.25) is 0 Å². The van der Waals surface area contributed by atoms with Crippen molar-refractivity contribution in [3.63, 3.8) is 0 Å². The minimum atomic E-state index is -3.06. The van der Waals surface area contributed by atoms with Crippen LogP contribution in [0.15, 0.2) is 46.3 Å². The van der Waals surface area contributed by atoms with Crippen LogP contribution in [-0.4, -0.2) is 35.6 Å². The highest BCUT2D eigenvalue weighted by molar-refractivity contribution is 9.10. The van der Waals surface area contributed by atoms with Crippen molar-refractivity contribution in [2.45, 2.75) is 19.4 Å². The number of amides is 1. The molecule has 0 bridgehead atoms. The van der Waals surface area contributed by atoms with Gasteiger partial charge in [-0.2, -0.15) is 5.10 Å². The number of hydrogen-bond donors (Lipinski definition) is 1. The fraction of sp³-hybridized carbons (Fsp3) is 0.263. The molecule has 3 heterocycles. The predicted molar refractivity (Wildman–Crippen MR) is 115 cm³/mol. The highest BCUT2D eigenvalue weighted by atomic mass is 79.9. The summed E-state index contributed by atoms with van der Waals surface area (Å²) in [7, 11) is -3.06. The Hall–Kier alpha value is -1.97. The second kappa shape index (κ2) is 7.46. The van der Waals surface area contributed by atoms with Crippen molar-refractivity contribution in [3.05, 3.63) is 57.5 Å². The van der Waals surface area contributed by atoms with Crippen LogP contribution in [0, 0.1) is 6.92 Å². The molecule has 3 aromatic rings. The monoisotopic (exact) mass is 479 g/mol. The van der Waals surface area contributed by atoms with Gasteiger partial charge in [0.15, 0.2) is 15.5 Å². The SMILES string of the molecule is Cc1cc(NC(=O)c2cc(-c3cccs3)n([C@@H]3CCS(=O)(=O)C3)n2)ccc1Br.